The van der Waals surface area contributed by atoms with Gasteiger partial charge in [-0.2, -0.15) is 5.26 Å². The van der Waals surface area contributed by atoms with E-state index in [0.717, 1.165) is 19.3 Å². The minimum Gasteiger partial charge on any atom is -0.330 e. The molecular formula is C16H22N4O. The molecule has 2 unspecified atom stereocenters. The number of nitrogens with one attached hydrogen (secondary N) is 1. The molecule has 2 rings (SSSR count). The Labute approximate surface area is 125 Å². The van der Waals surface area contributed by atoms with Gasteiger partial charge in [-0.15, -0.1) is 0 Å². The third-order valence-corrected chi connectivity index (χ3v) is 4.17. The number of rotatable bonds is 4. The number of nitriles is 1. The van der Waals surface area contributed by atoms with Gasteiger partial charge in [-0.05, 0) is 50.4 Å². The van der Waals surface area contributed by atoms with Gasteiger partial charge in [-0.25, -0.2) is 4.79 Å². The van der Waals surface area contributed by atoms with E-state index in [-0.39, 0.29) is 12.1 Å². The van der Waals surface area contributed by atoms with Crippen LogP contribution in [-0.4, -0.2) is 30.1 Å². The Hall–Kier alpha value is -2.06. The Morgan fingerprint density at radius 3 is 3.00 bits per heavy atom. The van der Waals surface area contributed by atoms with Crippen LogP contribution in [-0.2, 0) is 0 Å². The van der Waals surface area contributed by atoms with Crippen LogP contribution in [0, 0.1) is 17.2 Å². The Kier molecular flexibility index (Phi) is 5.18. The highest BCUT2D eigenvalue weighted by atomic mass is 16.2. The van der Waals surface area contributed by atoms with Crippen molar-refractivity contribution in [3.63, 3.8) is 0 Å². The van der Waals surface area contributed by atoms with E-state index in [9.17, 15) is 4.79 Å². The summed E-state index contributed by atoms with van der Waals surface area (Å²) in [7, 11) is 0. The lowest BCUT2D eigenvalue weighted by Crippen LogP contribution is -2.46. The van der Waals surface area contributed by atoms with Crippen LogP contribution in [0.25, 0.3) is 0 Å². The molecule has 1 fully saturated rings. The summed E-state index contributed by atoms with van der Waals surface area (Å²) in [5.41, 5.74) is 7.00. The topological polar surface area (TPSA) is 82.2 Å². The number of carbonyl (C=O) groups excluding carboxylic acids is 1. The Bertz CT molecular complexity index is 537. The fourth-order valence-electron chi connectivity index (χ4n) is 3.09. The van der Waals surface area contributed by atoms with Crippen molar-refractivity contribution < 1.29 is 4.79 Å². The molecule has 1 aromatic rings. The molecule has 0 saturated heterocycles. The van der Waals surface area contributed by atoms with Crippen molar-refractivity contribution in [2.75, 3.05) is 18.4 Å². The van der Waals surface area contributed by atoms with Crippen LogP contribution in [0.1, 0.15) is 31.7 Å². The predicted octanol–water partition coefficient (Wildman–Crippen LogP) is 2.54. The monoisotopic (exact) mass is 286 g/mol. The summed E-state index contributed by atoms with van der Waals surface area (Å²) in [5, 5.41) is 11.8. The quantitative estimate of drug-likeness (QED) is 0.892. The largest absolute Gasteiger partial charge is 0.330 e. The standard InChI is InChI=1S/C16H22N4O/c1-2-20(15-8-4-6-13(15)11-18)16(21)19-14-7-3-5-12(9-14)10-17/h3,5,7,9,13,15H,2,4,6,8,11,18H2,1H3,(H,19,21). The zero-order chi connectivity index (χ0) is 15.2. The van der Waals surface area contributed by atoms with Gasteiger partial charge in [0.25, 0.3) is 0 Å². The van der Waals surface area contributed by atoms with Crippen molar-refractivity contribution in [3.8, 4) is 6.07 Å². The molecule has 0 bridgehead atoms. The summed E-state index contributed by atoms with van der Waals surface area (Å²) in [4.78, 5) is 14.3. The molecule has 3 N–H and O–H groups in total. The van der Waals surface area contributed by atoms with Crippen LogP contribution in [0.4, 0.5) is 10.5 Å². The first-order valence-electron chi connectivity index (χ1n) is 7.47. The molecule has 0 spiro atoms. The maximum absolute atomic E-state index is 12.5. The molecule has 1 aromatic carbocycles. The highest BCUT2D eigenvalue weighted by Crippen LogP contribution is 2.29. The first-order chi connectivity index (χ1) is 10.2. The number of nitrogens with zero attached hydrogens (tertiary/aromatic N) is 2. The molecule has 0 radical (unpaired) electrons. The fourth-order valence-corrected chi connectivity index (χ4v) is 3.09. The van der Waals surface area contributed by atoms with Crippen LogP contribution >= 0.6 is 0 Å². The predicted molar refractivity (Wildman–Crippen MR) is 82.7 cm³/mol. The second-order valence-electron chi connectivity index (χ2n) is 5.40. The van der Waals surface area contributed by atoms with Gasteiger partial charge < -0.3 is 16.0 Å². The van der Waals surface area contributed by atoms with Crippen LogP contribution in [0.15, 0.2) is 24.3 Å². The van der Waals surface area contributed by atoms with Crippen LogP contribution in [0.3, 0.4) is 0 Å². The van der Waals surface area contributed by atoms with E-state index < -0.39 is 0 Å². The molecule has 1 saturated carbocycles. The average Bonchev–Trinajstić information content (AvgIpc) is 2.96. The maximum Gasteiger partial charge on any atom is 0.322 e. The van der Waals surface area contributed by atoms with Crippen LogP contribution in [0.5, 0.6) is 0 Å². The average molecular weight is 286 g/mol. The molecule has 2 atom stereocenters. The van der Waals surface area contributed by atoms with E-state index in [0.29, 0.717) is 30.3 Å². The minimum absolute atomic E-state index is 0.113. The third-order valence-electron chi connectivity index (χ3n) is 4.17. The van der Waals surface area contributed by atoms with Crippen molar-refractivity contribution in [1.29, 1.82) is 5.26 Å². The van der Waals surface area contributed by atoms with Crippen molar-refractivity contribution in [3.05, 3.63) is 29.8 Å². The van der Waals surface area contributed by atoms with Gasteiger partial charge in [-0.1, -0.05) is 12.5 Å². The maximum atomic E-state index is 12.5. The number of hydrogen-bond donors (Lipinski definition) is 2. The summed E-state index contributed by atoms with van der Waals surface area (Å²) in [5.74, 6) is 0.390. The molecule has 5 heteroatoms. The lowest BCUT2D eigenvalue weighted by atomic mass is 10.0. The molecule has 1 aliphatic carbocycles. The summed E-state index contributed by atoms with van der Waals surface area (Å²) in [6.45, 7) is 3.26. The fraction of sp³-hybridized carbons (Fsp3) is 0.500. The van der Waals surface area contributed by atoms with Gasteiger partial charge >= 0.3 is 6.03 Å². The normalized spacial score (nSPS) is 20.8. The molecule has 1 aliphatic rings. The second kappa shape index (κ2) is 7.09. The van der Waals surface area contributed by atoms with E-state index in [1.165, 1.54) is 0 Å². The zero-order valence-electron chi connectivity index (χ0n) is 12.4. The Balaban J connectivity index is 2.08. The summed E-state index contributed by atoms with van der Waals surface area (Å²) in [6.07, 6.45) is 3.23. The number of amides is 2. The van der Waals surface area contributed by atoms with Crippen LogP contribution < -0.4 is 11.1 Å². The molecule has 0 aliphatic heterocycles. The van der Waals surface area contributed by atoms with E-state index >= 15 is 0 Å². The van der Waals surface area contributed by atoms with Crippen molar-refractivity contribution in [1.82, 2.24) is 4.90 Å². The highest BCUT2D eigenvalue weighted by molar-refractivity contribution is 5.89. The zero-order valence-corrected chi connectivity index (χ0v) is 12.4. The van der Waals surface area contributed by atoms with Crippen LogP contribution in [0.2, 0.25) is 0 Å². The molecule has 0 aromatic heterocycles. The van der Waals surface area contributed by atoms with E-state index in [1.807, 2.05) is 11.8 Å². The first-order valence-corrected chi connectivity index (χ1v) is 7.47. The Morgan fingerprint density at radius 1 is 1.52 bits per heavy atom. The summed E-state index contributed by atoms with van der Waals surface area (Å²) in [6, 6.07) is 9.14. The van der Waals surface area contributed by atoms with E-state index in [1.54, 1.807) is 24.3 Å². The molecular weight excluding hydrogens is 264 g/mol. The first kappa shape index (κ1) is 15.3. The summed E-state index contributed by atoms with van der Waals surface area (Å²) < 4.78 is 0. The molecule has 2 amide bonds. The number of benzene rings is 1. The van der Waals surface area contributed by atoms with Gasteiger partial charge in [0.2, 0.25) is 0 Å². The van der Waals surface area contributed by atoms with Gasteiger partial charge in [0.1, 0.15) is 0 Å². The SMILES string of the molecule is CCN(C(=O)Nc1cccc(C#N)c1)C1CCCC1CN. The van der Waals surface area contributed by atoms with Crippen molar-refractivity contribution >= 4 is 11.7 Å². The molecule has 5 nitrogen and oxygen atoms in total. The number of carbonyl (C=O) groups is 1. The smallest absolute Gasteiger partial charge is 0.322 e. The molecule has 112 valence electrons. The second-order valence-corrected chi connectivity index (χ2v) is 5.40. The number of nitrogens with two attached hydrogens (primary N) is 1. The molecule has 21 heavy (non-hydrogen) atoms. The lowest BCUT2D eigenvalue weighted by molar-refractivity contribution is 0.175. The van der Waals surface area contributed by atoms with Crippen molar-refractivity contribution in [2.24, 2.45) is 11.7 Å². The third kappa shape index (κ3) is 3.53. The lowest BCUT2D eigenvalue weighted by Gasteiger charge is -2.31. The van der Waals surface area contributed by atoms with Gasteiger partial charge in [0.15, 0.2) is 0 Å². The minimum atomic E-state index is -0.113. The van der Waals surface area contributed by atoms with Gasteiger partial charge in [0.05, 0.1) is 11.6 Å². The number of anilines is 1. The number of urea groups is 1. The highest BCUT2D eigenvalue weighted by Gasteiger charge is 2.33. The van der Waals surface area contributed by atoms with Gasteiger partial charge in [-0.3, -0.25) is 0 Å². The Morgan fingerprint density at radius 2 is 2.33 bits per heavy atom. The van der Waals surface area contributed by atoms with Gasteiger partial charge in [0, 0.05) is 18.3 Å². The van der Waals surface area contributed by atoms with E-state index in [4.69, 9.17) is 11.0 Å². The van der Waals surface area contributed by atoms with Crippen molar-refractivity contribution in [2.45, 2.75) is 32.2 Å². The van der Waals surface area contributed by atoms with E-state index in [2.05, 4.69) is 11.4 Å². The summed E-state index contributed by atoms with van der Waals surface area (Å²) >= 11 is 0. The molecule has 0 heterocycles. The number of hydrogen-bond acceptors (Lipinski definition) is 3.